The highest BCUT2D eigenvalue weighted by Crippen LogP contribution is 2.07. The van der Waals surface area contributed by atoms with Crippen molar-refractivity contribution in [3.8, 4) is 0 Å². The van der Waals surface area contributed by atoms with Crippen LogP contribution in [0.3, 0.4) is 0 Å². The zero-order valence-corrected chi connectivity index (χ0v) is 13.7. The van der Waals surface area contributed by atoms with E-state index in [0.29, 0.717) is 17.7 Å². The number of amides is 2. The summed E-state index contributed by atoms with van der Waals surface area (Å²) in [6.45, 7) is 3.97. The van der Waals surface area contributed by atoms with Gasteiger partial charge in [0, 0.05) is 5.56 Å². The average Bonchev–Trinajstić information content (AvgIpc) is 3.08. The summed E-state index contributed by atoms with van der Waals surface area (Å²) in [4.78, 5) is 24.6. The predicted octanol–water partition coefficient (Wildman–Crippen LogP) is 2.57. The Morgan fingerprint density at radius 2 is 1.92 bits per heavy atom. The van der Waals surface area contributed by atoms with Gasteiger partial charge in [-0.2, -0.15) is 5.10 Å². The van der Waals surface area contributed by atoms with Crippen molar-refractivity contribution in [2.45, 2.75) is 26.3 Å². The molecule has 2 rings (SSSR count). The molecule has 1 aromatic carbocycles. The summed E-state index contributed by atoms with van der Waals surface area (Å²) in [5.41, 5.74) is 2.95. The highest BCUT2D eigenvalue weighted by molar-refractivity contribution is 5.97. The maximum absolute atomic E-state index is 12.3. The van der Waals surface area contributed by atoms with Crippen LogP contribution in [-0.2, 0) is 4.79 Å². The molecule has 6 nitrogen and oxygen atoms in total. The molecule has 24 heavy (non-hydrogen) atoms. The van der Waals surface area contributed by atoms with Gasteiger partial charge in [-0.1, -0.05) is 32.0 Å². The van der Waals surface area contributed by atoms with Crippen LogP contribution in [0, 0.1) is 5.92 Å². The molecule has 0 aliphatic rings. The van der Waals surface area contributed by atoms with Gasteiger partial charge in [-0.15, -0.1) is 0 Å². The van der Waals surface area contributed by atoms with Gasteiger partial charge in [0.25, 0.3) is 11.8 Å². The number of rotatable bonds is 7. The third-order valence-electron chi connectivity index (χ3n) is 3.27. The SMILES string of the molecule is CC(C)C[C@@H](NC(=O)c1ccccc1)C(=O)N/N=C/c1ccco1. The molecule has 0 aliphatic carbocycles. The van der Waals surface area contributed by atoms with Crippen molar-refractivity contribution in [3.63, 3.8) is 0 Å². The van der Waals surface area contributed by atoms with Gasteiger partial charge in [0.2, 0.25) is 0 Å². The lowest BCUT2D eigenvalue weighted by Gasteiger charge is -2.18. The number of nitrogens with zero attached hydrogens (tertiary/aromatic N) is 1. The van der Waals surface area contributed by atoms with Crippen LogP contribution in [0.4, 0.5) is 0 Å². The molecule has 1 atom stereocenters. The summed E-state index contributed by atoms with van der Waals surface area (Å²) in [5, 5.41) is 6.61. The van der Waals surface area contributed by atoms with E-state index < -0.39 is 6.04 Å². The number of furan rings is 1. The monoisotopic (exact) mass is 327 g/mol. The molecule has 0 fully saturated rings. The third-order valence-corrected chi connectivity index (χ3v) is 3.27. The maximum atomic E-state index is 12.3. The molecule has 2 N–H and O–H groups in total. The fraction of sp³-hybridized carbons (Fsp3) is 0.278. The van der Waals surface area contributed by atoms with Crippen LogP contribution in [-0.4, -0.2) is 24.1 Å². The van der Waals surface area contributed by atoms with Gasteiger partial charge in [0.1, 0.15) is 11.8 Å². The predicted molar refractivity (Wildman–Crippen MR) is 91.6 cm³/mol. The van der Waals surface area contributed by atoms with Crippen molar-refractivity contribution in [1.82, 2.24) is 10.7 Å². The van der Waals surface area contributed by atoms with Crippen molar-refractivity contribution >= 4 is 18.0 Å². The molecule has 0 bridgehead atoms. The Kier molecular flexibility index (Phi) is 6.31. The van der Waals surface area contributed by atoms with Crippen LogP contribution in [0.2, 0.25) is 0 Å². The molecule has 2 amide bonds. The highest BCUT2D eigenvalue weighted by atomic mass is 16.3. The number of nitrogens with one attached hydrogen (secondary N) is 2. The third kappa shape index (κ3) is 5.39. The first-order chi connectivity index (χ1) is 11.6. The molecular weight excluding hydrogens is 306 g/mol. The van der Waals surface area contributed by atoms with Gasteiger partial charge in [-0.3, -0.25) is 9.59 Å². The van der Waals surface area contributed by atoms with Gasteiger partial charge in [0.15, 0.2) is 0 Å². The molecule has 1 heterocycles. The number of hydrazone groups is 1. The van der Waals surface area contributed by atoms with Crippen LogP contribution < -0.4 is 10.7 Å². The fourth-order valence-electron chi connectivity index (χ4n) is 2.14. The molecule has 0 spiro atoms. The minimum Gasteiger partial charge on any atom is -0.463 e. The second-order valence-corrected chi connectivity index (χ2v) is 5.77. The van der Waals surface area contributed by atoms with Crippen LogP contribution in [0.15, 0.2) is 58.2 Å². The van der Waals surface area contributed by atoms with Crippen LogP contribution >= 0.6 is 0 Å². The van der Waals surface area contributed by atoms with Crippen molar-refractivity contribution in [3.05, 3.63) is 60.1 Å². The molecule has 0 unspecified atom stereocenters. The van der Waals surface area contributed by atoms with Crippen molar-refractivity contribution in [2.24, 2.45) is 11.0 Å². The van der Waals surface area contributed by atoms with Crippen molar-refractivity contribution in [1.29, 1.82) is 0 Å². The Bertz CT molecular complexity index is 679. The van der Waals surface area contributed by atoms with Gasteiger partial charge in [-0.25, -0.2) is 5.43 Å². The van der Waals surface area contributed by atoms with E-state index in [4.69, 9.17) is 4.42 Å². The number of hydrogen-bond acceptors (Lipinski definition) is 4. The zero-order chi connectivity index (χ0) is 17.4. The van der Waals surface area contributed by atoms with Crippen LogP contribution in [0.25, 0.3) is 0 Å². The summed E-state index contributed by atoms with van der Waals surface area (Å²) in [7, 11) is 0. The molecule has 0 radical (unpaired) electrons. The Hall–Kier alpha value is -2.89. The molecule has 2 aromatic rings. The van der Waals surface area contributed by atoms with Gasteiger partial charge >= 0.3 is 0 Å². The summed E-state index contributed by atoms with van der Waals surface area (Å²) in [6, 6.07) is 11.6. The Labute approximate surface area is 140 Å². The van der Waals surface area contributed by atoms with Crippen LogP contribution in [0.1, 0.15) is 36.4 Å². The first-order valence-corrected chi connectivity index (χ1v) is 7.78. The quantitative estimate of drug-likeness (QED) is 0.605. The molecule has 126 valence electrons. The maximum Gasteiger partial charge on any atom is 0.262 e. The van der Waals surface area contributed by atoms with E-state index in [9.17, 15) is 9.59 Å². The largest absolute Gasteiger partial charge is 0.463 e. The topological polar surface area (TPSA) is 83.7 Å². The summed E-state index contributed by atoms with van der Waals surface area (Å²) < 4.78 is 5.09. The Morgan fingerprint density at radius 3 is 2.54 bits per heavy atom. The normalized spacial score (nSPS) is 12.3. The Balaban J connectivity index is 1.98. The number of carbonyl (C=O) groups excluding carboxylic acids is 2. The zero-order valence-electron chi connectivity index (χ0n) is 13.7. The van der Waals surface area contributed by atoms with E-state index in [1.807, 2.05) is 19.9 Å². The van der Waals surface area contributed by atoms with E-state index in [-0.39, 0.29) is 17.7 Å². The lowest BCUT2D eigenvalue weighted by Crippen LogP contribution is -2.46. The summed E-state index contributed by atoms with van der Waals surface area (Å²) >= 11 is 0. The second-order valence-electron chi connectivity index (χ2n) is 5.77. The van der Waals surface area contributed by atoms with E-state index in [1.165, 1.54) is 12.5 Å². The first-order valence-electron chi connectivity index (χ1n) is 7.78. The number of benzene rings is 1. The lowest BCUT2D eigenvalue weighted by atomic mass is 10.0. The Morgan fingerprint density at radius 1 is 1.17 bits per heavy atom. The molecule has 0 saturated heterocycles. The van der Waals surface area contributed by atoms with Crippen molar-refractivity contribution in [2.75, 3.05) is 0 Å². The lowest BCUT2D eigenvalue weighted by molar-refractivity contribution is -0.123. The average molecular weight is 327 g/mol. The van der Waals surface area contributed by atoms with Gasteiger partial charge in [0.05, 0.1) is 12.5 Å². The summed E-state index contributed by atoms with van der Waals surface area (Å²) in [5.74, 6) is 0.122. The number of carbonyl (C=O) groups is 2. The summed E-state index contributed by atoms with van der Waals surface area (Å²) in [6.07, 6.45) is 3.44. The number of hydrogen-bond donors (Lipinski definition) is 2. The molecule has 1 aromatic heterocycles. The highest BCUT2D eigenvalue weighted by Gasteiger charge is 2.22. The first kappa shape index (κ1) is 17.5. The standard InChI is InChI=1S/C18H21N3O3/c1-13(2)11-16(20-17(22)14-7-4-3-5-8-14)18(23)21-19-12-15-9-6-10-24-15/h3-10,12-13,16H,11H2,1-2H3,(H,20,22)(H,21,23)/b19-12+/t16-/m1/s1. The molecular formula is C18H21N3O3. The van der Waals surface area contributed by atoms with E-state index >= 15 is 0 Å². The van der Waals surface area contributed by atoms with E-state index in [1.54, 1.807) is 36.4 Å². The second kappa shape index (κ2) is 8.67. The molecule has 6 heteroatoms. The molecule has 0 aliphatic heterocycles. The van der Waals surface area contributed by atoms with E-state index in [0.717, 1.165) is 0 Å². The minimum atomic E-state index is -0.661. The molecule has 0 saturated carbocycles. The smallest absolute Gasteiger partial charge is 0.262 e. The van der Waals surface area contributed by atoms with E-state index in [2.05, 4.69) is 15.8 Å². The fourth-order valence-corrected chi connectivity index (χ4v) is 2.14. The van der Waals surface area contributed by atoms with Gasteiger partial charge < -0.3 is 9.73 Å². The van der Waals surface area contributed by atoms with Gasteiger partial charge in [-0.05, 0) is 36.6 Å². The van der Waals surface area contributed by atoms with Crippen molar-refractivity contribution < 1.29 is 14.0 Å². The van der Waals surface area contributed by atoms with Crippen LogP contribution in [0.5, 0.6) is 0 Å². The minimum absolute atomic E-state index is 0.242.